The van der Waals surface area contributed by atoms with Gasteiger partial charge in [0.25, 0.3) is 5.69 Å². The Balaban J connectivity index is 2.11. The number of halogens is 1. The van der Waals surface area contributed by atoms with E-state index in [4.69, 9.17) is 16.3 Å². The van der Waals surface area contributed by atoms with Crippen LogP contribution in [0.15, 0.2) is 48.5 Å². The van der Waals surface area contributed by atoms with Crippen molar-refractivity contribution in [2.45, 2.75) is 13.0 Å². The molecule has 136 valence electrons. The summed E-state index contributed by atoms with van der Waals surface area (Å²) in [6, 6.07) is 11.7. The molecule has 0 spiro atoms. The molecule has 0 saturated carbocycles. The second-order valence-electron chi connectivity index (χ2n) is 5.70. The largest absolute Gasteiger partial charge is 0.497 e. The second-order valence-corrected chi connectivity index (χ2v) is 6.11. The molecule has 0 fully saturated rings. The van der Waals surface area contributed by atoms with Gasteiger partial charge in [0.1, 0.15) is 10.8 Å². The van der Waals surface area contributed by atoms with Crippen LogP contribution in [0.5, 0.6) is 5.75 Å². The molecule has 6 nitrogen and oxygen atoms in total. The van der Waals surface area contributed by atoms with Crippen LogP contribution in [0.3, 0.4) is 0 Å². The summed E-state index contributed by atoms with van der Waals surface area (Å²) in [5.41, 5.74) is 1.30. The molecule has 1 unspecified atom stereocenters. The van der Waals surface area contributed by atoms with Crippen LogP contribution in [0.1, 0.15) is 24.1 Å². The number of nitro benzene ring substituents is 1. The van der Waals surface area contributed by atoms with Crippen molar-refractivity contribution in [3.05, 3.63) is 74.8 Å². The van der Waals surface area contributed by atoms with Crippen molar-refractivity contribution in [1.82, 2.24) is 4.90 Å². The first-order valence-electron chi connectivity index (χ1n) is 7.86. The summed E-state index contributed by atoms with van der Waals surface area (Å²) in [6.07, 6.45) is 2.91. The number of amides is 1. The van der Waals surface area contributed by atoms with E-state index in [1.807, 2.05) is 31.2 Å². The van der Waals surface area contributed by atoms with Gasteiger partial charge in [0.15, 0.2) is 0 Å². The van der Waals surface area contributed by atoms with E-state index in [-0.39, 0.29) is 22.7 Å². The zero-order valence-corrected chi connectivity index (χ0v) is 15.4. The fraction of sp³-hybridized carbons (Fsp3) is 0.211. The zero-order valence-electron chi connectivity index (χ0n) is 14.7. The maximum Gasteiger partial charge on any atom is 0.288 e. The Morgan fingerprint density at radius 3 is 2.50 bits per heavy atom. The van der Waals surface area contributed by atoms with Gasteiger partial charge in [0, 0.05) is 19.2 Å². The monoisotopic (exact) mass is 374 g/mol. The van der Waals surface area contributed by atoms with Gasteiger partial charge in [-0.25, -0.2) is 0 Å². The van der Waals surface area contributed by atoms with Gasteiger partial charge >= 0.3 is 0 Å². The van der Waals surface area contributed by atoms with Crippen molar-refractivity contribution < 1.29 is 14.5 Å². The van der Waals surface area contributed by atoms with E-state index in [2.05, 4.69) is 0 Å². The summed E-state index contributed by atoms with van der Waals surface area (Å²) < 4.78 is 5.13. The highest BCUT2D eigenvalue weighted by atomic mass is 35.5. The molecule has 0 radical (unpaired) electrons. The molecule has 0 heterocycles. The molecule has 2 aromatic rings. The third-order valence-corrected chi connectivity index (χ3v) is 4.43. The van der Waals surface area contributed by atoms with E-state index in [1.165, 1.54) is 24.3 Å². The lowest BCUT2D eigenvalue weighted by molar-refractivity contribution is -0.384. The van der Waals surface area contributed by atoms with Gasteiger partial charge in [-0.3, -0.25) is 14.9 Å². The first-order valence-corrected chi connectivity index (χ1v) is 8.24. The van der Waals surface area contributed by atoms with E-state index in [0.29, 0.717) is 5.56 Å². The standard InChI is InChI=1S/C19H19ClN2O4/c1-13(15-6-8-16(26-3)9-7-15)21(2)19(23)11-5-14-4-10-17(20)18(12-14)22(24)25/h4-13H,1-3H3/b11-5+. The maximum absolute atomic E-state index is 12.4. The van der Waals surface area contributed by atoms with Crippen molar-refractivity contribution in [3.8, 4) is 5.75 Å². The Morgan fingerprint density at radius 2 is 1.92 bits per heavy atom. The van der Waals surface area contributed by atoms with Crippen molar-refractivity contribution in [2.75, 3.05) is 14.2 Å². The topological polar surface area (TPSA) is 72.7 Å². The van der Waals surface area contributed by atoms with E-state index < -0.39 is 4.92 Å². The first-order chi connectivity index (χ1) is 12.3. The van der Waals surface area contributed by atoms with Gasteiger partial charge in [-0.15, -0.1) is 0 Å². The average Bonchev–Trinajstić information content (AvgIpc) is 2.65. The number of benzene rings is 2. The van der Waals surface area contributed by atoms with Crippen LogP contribution in [-0.2, 0) is 4.79 Å². The number of nitro groups is 1. The van der Waals surface area contributed by atoms with E-state index in [9.17, 15) is 14.9 Å². The summed E-state index contributed by atoms with van der Waals surface area (Å²) in [5.74, 6) is 0.532. The zero-order chi connectivity index (χ0) is 19.3. The van der Waals surface area contributed by atoms with Crippen molar-refractivity contribution >= 4 is 29.3 Å². The Labute approximate surface area is 156 Å². The minimum atomic E-state index is -0.556. The number of carbonyl (C=O) groups is 1. The quantitative estimate of drug-likeness (QED) is 0.424. The number of carbonyl (C=O) groups excluding carboxylic acids is 1. The molecule has 0 aliphatic heterocycles. The SMILES string of the molecule is COc1ccc(C(C)N(C)C(=O)/C=C/c2ccc(Cl)c([N+](=O)[O-])c2)cc1. The third-order valence-electron chi connectivity index (χ3n) is 4.11. The normalized spacial score (nSPS) is 12.0. The molecular formula is C19H19ClN2O4. The van der Waals surface area contributed by atoms with Gasteiger partial charge in [-0.05, 0) is 42.3 Å². The number of likely N-dealkylation sites (N-methyl/N-ethyl adjacent to an activating group) is 1. The molecule has 0 aliphatic rings. The summed E-state index contributed by atoms with van der Waals surface area (Å²) in [7, 11) is 3.30. The number of rotatable bonds is 6. The molecular weight excluding hydrogens is 356 g/mol. The summed E-state index contributed by atoms with van der Waals surface area (Å²) in [5, 5.41) is 11.0. The van der Waals surface area contributed by atoms with Gasteiger partial charge < -0.3 is 9.64 Å². The molecule has 1 amide bonds. The predicted octanol–water partition coefficient (Wildman–Crippen LogP) is 4.49. The maximum atomic E-state index is 12.4. The fourth-order valence-corrected chi connectivity index (χ4v) is 2.54. The summed E-state index contributed by atoms with van der Waals surface area (Å²) in [6.45, 7) is 1.92. The number of methoxy groups -OCH3 is 1. The molecule has 0 saturated heterocycles. The van der Waals surface area contributed by atoms with Crippen molar-refractivity contribution in [1.29, 1.82) is 0 Å². The Hall–Kier alpha value is -2.86. The molecule has 1 atom stereocenters. The molecule has 0 bridgehead atoms. The van der Waals surface area contributed by atoms with Crippen LogP contribution in [-0.4, -0.2) is 29.9 Å². The van der Waals surface area contributed by atoms with Crippen LogP contribution in [0.2, 0.25) is 5.02 Å². The highest BCUT2D eigenvalue weighted by Crippen LogP contribution is 2.26. The van der Waals surface area contributed by atoms with E-state index >= 15 is 0 Å². The molecule has 0 aliphatic carbocycles. The molecule has 26 heavy (non-hydrogen) atoms. The lowest BCUT2D eigenvalue weighted by Gasteiger charge is -2.24. The van der Waals surface area contributed by atoms with Gasteiger partial charge in [-0.2, -0.15) is 0 Å². The second kappa shape index (κ2) is 8.49. The van der Waals surface area contributed by atoms with Gasteiger partial charge in [-0.1, -0.05) is 29.8 Å². The van der Waals surface area contributed by atoms with E-state index in [0.717, 1.165) is 11.3 Å². The summed E-state index contributed by atoms with van der Waals surface area (Å²) >= 11 is 5.79. The van der Waals surface area contributed by atoms with Crippen LogP contribution < -0.4 is 4.74 Å². The average molecular weight is 375 g/mol. The molecule has 0 aromatic heterocycles. The fourth-order valence-electron chi connectivity index (χ4n) is 2.36. The summed E-state index contributed by atoms with van der Waals surface area (Å²) in [4.78, 5) is 24.3. The number of nitrogens with zero attached hydrogens (tertiary/aromatic N) is 2. The molecule has 0 N–H and O–H groups in total. The number of ether oxygens (including phenoxy) is 1. The smallest absolute Gasteiger partial charge is 0.288 e. The highest BCUT2D eigenvalue weighted by Gasteiger charge is 2.16. The number of hydrogen-bond donors (Lipinski definition) is 0. The van der Waals surface area contributed by atoms with Crippen molar-refractivity contribution in [2.24, 2.45) is 0 Å². The lowest BCUT2D eigenvalue weighted by Crippen LogP contribution is -2.27. The van der Waals surface area contributed by atoms with Crippen LogP contribution in [0.25, 0.3) is 6.08 Å². The highest BCUT2D eigenvalue weighted by molar-refractivity contribution is 6.32. The van der Waals surface area contributed by atoms with Crippen LogP contribution >= 0.6 is 11.6 Å². The first kappa shape index (κ1) is 19.5. The Kier molecular flexibility index (Phi) is 6.36. The van der Waals surface area contributed by atoms with Crippen molar-refractivity contribution in [3.63, 3.8) is 0 Å². The van der Waals surface area contributed by atoms with Crippen LogP contribution in [0, 0.1) is 10.1 Å². The molecule has 2 aromatic carbocycles. The number of hydrogen-bond acceptors (Lipinski definition) is 4. The minimum Gasteiger partial charge on any atom is -0.497 e. The molecule has 2 rings (SSSR count). The van der Waals surface area contributed by atoms with Gasteiger partial charge in [0.2, 0.25) is 5.91 Å². The minimum absolute atomic E-state index is 0.0590. The molecule has 7 heteroatoms. The van der Waals surface area contributed by atoms with Gasteiger partial charge in [0.05, 0.1) is 18.1 Å². The Bertz CT molecular complexity index is 834. The third kappa shape index (κ3) is 4.61. The van der Waals surface area contributed by atoms with E-state index in [1.54, 1.807) is 25.1 Å². The lowest BCUT2D eigenvalue weighted by atomic mass is 10.1. The predicted molar refractivity (Wildman–Crippen MR) is 101 cm³/mol. The van der Waals surface area contributed by atoms with Crippen LogP contribution in [0.4, 0.5) is 5.69 Å². The Morgan fingerprint density at radius 1 is 1.27 bits per heavy atom.